The van der Waals surface area contributed by atoms with Crippen molar-refractivity contribution in [2.75, 3.05) is 5.88 Å². The van der Waals surface area contributed by atoms with Crippen molar-refractivity contribution in [2.45, 2.75) is 53.6 Å². The molecular weight excluding hydrogens is 260 g/mol. The third-order valence-electron chi connectivity index (χ3n) is 3.69. The number of halogens is 1. The first-order valence-corrected chi connectivity index (χ1v) is 7.64. The first kappa shape index (κ1) is 14.4. The highest BCUT2D eigenvalue weighted by atomic mass is 35.5. The van der Waals surface area contributed by atoms with E-state index in [1.54, 1.807) is 0 Å². The van der Waals surface area contributed by atoms with Gasteiger partial charge in [0.15, 0.2) is 5.65 Å². The molecular formula is C14H23ClN4. The molecule has 2 heterocycles. The van der Waals surface area contributed by atoms with E-state index in [9.17, 15) is 0 Å². The van der Waals surface area contributed by atoms with Crippen molar-refractivity contribution >= 4 is 22.8 Å². The molecule has 0 radical (unpaired) electrons. The van der Waals surface area contributed by atoms with Gasteiger partial charge in [0.05, 0.1) is 5.69 Å². The molecule has 4 nitrogen and oxygen atoms in total. The minimum absolute atomic E-state index is 0.610. The van der Waals surface area contributed by atoms with Gasteiger partial charge >= 0.3 is 0 Å². The van der Waals surface area contributed by atoms with E-state index in [-0.39, 0.29) is 0 Å². The SMILES string of the molecule is CCC(C)Cn1c(CCCl)nc2c(C)nn(CC)c21. The molecule has 0 aromatic carbocycles. The molecule has 19 heavy (non-hydrogen) atoms. The van der Waals surface area contributed by atoms with Gasteiger partial charge in [-0.15, -0.1) is 11.6 Å². The molecule has 0 aliphatic heterocycles. The van der Waals surface area contributed by atoms with Crippen molar-refractivity contribution in [3.63, 3.8) is 0 Å². The van der Waals surface area contributed by atoms with Crippen molar-refractivity contribution in [3.8, 4) is 0 Å². The van der Waals surface area contributed by atoms with Crippen LogP contribution in [-0.2, 0) is 19.5 Å². The quantitative estimate of drug-likeness (QED) is 0.762. The van der Waals surface area contributed by atoms with E-state index in [1.165, 1.54) is 6.42 Å². The van der Waals surface area contributed by atoms with E-state index in [0.29, 0.717) is 11.8 Å². The second-order valence-electron chi connectivity index (χ2n) is 5.16. The summed E-state index contributed by atoms with van der Waals surface area (Å²) in [7, 11) is 0. The molecule has 2 rings (SSSR count). The fraction of sp³-hybridized carbons (Fsp3) is 0.714. The Morgan fingerprint density at radius 3 is 2.63 bits per heavy atom. The number of imidazole rings is 1. The van der Waals surface area contributed by atoms with Crippen LogP contribution < -0.4 is 0 Å². The van der Waals surface area contributed by atoms with Gasteiger partial charge in [0, 0.05) is 25.4 Å². The van der Waals surface area contributed by atoms with Crippen LogP contribution in [0.15, 0.2) is 0 Å². The van der Waals surface area contributed by atoms with Crippen LogP contribution in [0.3, 0.4) is 0 Å². The third kappa shape index (κ3) is 2.64. The van der Waals surface area contributed by atoms with Crippen LogP contribution in [0.25, 0.3) is 11.2 Å². The van der Waals surface area contributed by atoms with E-state index in [2.05, 4.69) is 35.1 Å². The molecule has 0 amide bonds. The van der Waals surface area contributed by atoms with Gasteiger partial charge in [-0.2, -0.15) is 5.10 Å². The van der Waals surface area contributed by atoms with E-state index >= 15 is 0 Å². The summed E-state index contributed by atoms with van der Waals surface area (Å²) >= 11 is 5.91. The molecule has 2 aromatic heterocycles. The Hall–Kier alpha value is -1.03. The average Bonchev–Trinajstić information content (AvgIpc) is 2.89. The molecule has 0 bridgehead atoms. The Bertz CT molecular complexity index is 555. The van der Waals surface area contributed by atoms with Crippen LogP contribution >= 0.6 is 11.6 Å². The van der Waals surface area contributed by atoms with Crippen LogP contribution in [0.1, 0.15) is 38.7 Å². The monoisotopic (exact) mass is 282 g/mol. The first-order valence-electron chi connectivity index (χ1n) is 7.10. The molecule has 0 fully saturated rings. The maximum absolute atomic E-state index is 5.91. The fourth-order valence-electron chi connectivity index (χ4n) is 2.40. The summed E-state index contributed by atoms with van der Waals surface area (Å²) in [4.78, 5) is 4.75. The van der Waals surface area contributed by atoms with Gasteiger partial charge in [-0.3, -0.25) is 0 Å². The van der Waals surface area contributed by atoms with E-state index < -0.39 is 0 Å². The number of hydrogen-bond acceptors (Lipinski definition) is 2. The number of rotatable bonds is 6. The van der Waals surface area contributed by atoms with E-state index in [0.717, 1.165) is 42.2 Å². The standard InChI is InChI=1S/C14H23ClN4/c1-5-10(3)9-18-12(7-8-15)16-13-11(4)17-19(6-2)14(13)18/h10H,5-9H2,1-4H3. The number of nitrogens with zero attached hydrogens (tertiary/aromatic N) is 4. The van der Waals surface area contributed by atoms with Gasteiger partial charge in [-0.25, -0.2) is 9.67 Å². The molecule has 106 valence electrons. The van der Waals surface area contributed by atoms with Crippen LogP contribution in [0.4, 0.5) is 0 Å². The largest absolute Gasteiger partial charge is 0.313 e. The second kappa shape index (κ2) is 5.95. The zero-order chi connectivity index (χ0) is 14.0. The Morgan fingerprint density at radius 2 is 2.05 bits per heavy atom. The van der Waals surface area contributed by atoms with Gasteiger partial charge in [0.25, 0.3) is 0 Å². The molecule has 0 N–H and O–H groups in total. The van der Waals surface area contributed by atoms with Gasteiger partial charge in [0.2, 0.25) is 0 Å². The second-order valence-corrected chi connectivity index (χ2v) is 5.54. The minimum atomic E-state index is 0.610. The van der Waals surface area contributed by atoms with E-state index in [4.69, 9.17) is 16.6 Å². The minimum Gasteiger partial charge on any atom is -0.313 e. The molecule has 0 saturated heterocycles. The first-order chi connectivity index (χ1) is 9.12. The number of aryl methyl sites for hydroxylation is 3. The predicted octanol–water partition coefficient (Wildman–Crippen LogP) is 3.39. The van der Waals surface area contributed by atoms with Crippen LogP contribution in [0.2, 0.25) is 0 Å². The van der Waals surface area contributed by atoms with Crippen molar-refractivity contribution in [2.24, 2.45) is 5.92 Å². The van der Waals surface area contributed by atoms with Crippen LogP contribution in [0, 0.1) is 12.8 Å². The topological polar surface area (TPSA) is 35.6 Å². The normalized spacial score (nSPS) is 13.3. The number of hydrogen-bond donors (Lipinski definition) is 0. The zero-order valence-electron chi connectivity index (χ0n) is 12.3. The van der Waals surface area contributed by atoms with Gasteiger partial charge in [-0.05, 0) is 19.8 Å². The summed E-state index contributed by atoms with van der Waals surface area (Å²) in [6.45, 7) is 10.5. The highest BCUT2D eigenvalue weighted by Gasteiger charge is 2.18. The molecule has 0 aliphatic rings. The lowest BCUT2D eigenvalue weighted by Gasteiger charge is -2.14. The van der Waals surface area contributed by atoms with Crippen LogP contribution in [0.5, 0.6) is 0 Å². The lowest BCUT2D eigenvalue weighted by atomic mass is 10.1. The van der Waals surface area contributed by atoms with Crippen molar-refractivity contribution < 1.29 is 0 Å². The summed E-state index contributed by atoms with van der Waals surface area (Å²) in [5.74, 6) is 2.33. The highest BCUT2D eigenvalue weighted by molar-refractivity contribution is 6.17. The van der Waals surface area contributed by atoms with Crippen molar-refractivity contribution in [1.82, 2.24) is 19.3 Å². The molecule has 0 saturated carbocycles. The lowest BCUT2D eigenvalue weighted by Crippen LogP contribution is -2.13. The molecule has 1 atom stereocenters. The fourth-order valence-corrected chi connectivity index (χ4v) is 2.57. The Morgan fingerprint density at radius 1 is 1.32 bits per heavy atom. The molecule has 5 heteroatoms. The Kier molecular flexibility index (Phi) is 4.50. The van der Waals surface area contributed by atoms with Gasteiger partial charge < -0.3 is 4.57 Å². The smallest absolute Gasteiger partial charge is 0.158 e. The number of fused-ring (bicyclic) bond motifs is 1. The number of aromatic nitrogens is 4. The highest BCUT2D eigenvalue weighted by Crippen LogP contribution is 2.22. The molecule has 2 aromatic rings. The average molecular weight is 283 g/mol. The molecule has 0 spiro atoms. The number of alkyl halides is 1. The van der Waals surface area contributed by atoms with E-state index in [1.807, 2.05) is 6.92 Å². The third-order valence-corrected chi connectivity index (χ3v) is 3.88. The Labute approximate surface area is 119 Å². The van der Waals surface area contributed by atoms with Gasteiger partial charge in [0.1, 0.15) is 11.3 Å². The lowest BCUT2D eigenvalue weighted by molar-refractivity contribution is 0.459. The maximum atomic E-state index is 5.91. The Balaban J connectivity index is 2.56. The summed E-state index contributed by atoms with van der Waals surface area (Å²) in [6.07, 6.45) is 1.98. The zero-order valence-corrected chi connectivity index (χ0v) is 13.0. The predicted molar refractivity (Wildman–Crippen MR) is 79.8 cm³/mol. The van der Waals surface area contributed by atoms with Gasteiger partial charge in [-0.1, -0.05) is 20.3 Å². The van der Waals surface area contributed by atoms with Crippen molar-refractivity contribution in [1.29, 1.82) is 0 Å². The molecule has 1 unspecified atom stereocenters. The van der Waals surface area contributed by atoms with Crippen molar-refractivity contribution in [3.05, 3.63) is 11.5 Å². The summed E-state index contributed by atoms with van der Waals surface area (Å²) in [6, 6.07) is 0. The maximum Gasteiger partial charge on any atom is 0.158 e. The van der Waals surface area contributed by atoms with Crippen LogP contribution in [-0.4, -0.2) is 25.2 Å². The summed E-state index contributed by atoms with van der Waals surface area (Å²) < 4.78 is 4.37. The summed E-state index contributed by atoms with van der Waals surface area (Å²) in [5.41, 5.74) is 3.20. The summed E-state index contributed by atoms with van der Waals surface area (Å²) in [5, 5.41) is 4.56. The molecule has 0 aliphatic carbocycles.